The summed E-state index contributed by atoms with van der Waals surface area (Å²) in [4.78, 5) is 0. The maximum Gasteiger partial charge on any atom is 0.180 e. The van der Waals surface area contributed by atoms with Crippen LogP contribution in [0.2, 0.25) is 0 Å². The smallest absolute Gasteiger partial charge is 0.180 e. The first-order valence-corrected chi connectivity index (χ1v) is 4.41. The van der Waals surface area contributed by atoms with Crippen molar-refractivity contribution in [3.63, 3.8) is 0 Å². The van der Waals surface area contributed by atoms with Gasteiger partial charge in [0.15, 0.2) is 5.11 Å². The van der Waals surface area contributed by atoms with Gasteiger partial charge in [-0.25, -0.2) is 5.84 Å². The van der Waals surface area contributed by atoms with Crippen molar-refractivity contribution in [1.82, 2.24) is 10.7 Å². The molecule has 0 aliphatic rings. The monoisotopic (exact) mass is 191 g/mol. The van der Waals surface area contributed by atoms with Crippen LogP contribution in [0.5, 0.6) is 0 Å². The van der Waals surface area contributed by atoms with Gasteiger partial charge in [0.1, 0.15) is 0 Å². The highest BCUT2D eigenvalue weighted by molar-refractivity contribution is 7.80. The van der Waals surface area contributed by atoms with E-state index in [1.165, 1.54) is 0 Å². The van der Waals surface area contributed by atoms with E-state index in [0.717, 1.165) is 12.8 Å². The van der Waals surface area contributed by atoms with Crippen LogP contribution in [0.1, 0.15) is 19.8 Å². The first kappa shape index (κ1) is 11.6. The average molecular weight is 191 g/mol. The Morgan fingerprint density at radius 1 is 1.67 bits per heavy atom. The largest absolute Gasteiger partial charge is 0.383 e. The molecular formula is C7H17N3OS. The molecule has 0 saturated heterocycles. The molecule has 12 heavy (non-hydrogen) atoms. The third kappa shape index (κ3) is 5.29. The second-order valence-electron chi connectivity index (χ2n) is 2.56. The number of hydrazine groups is 1. The Kier molecular flexibility index (Phi) is 7.03. The SMILES string of the molecule is CCCC(COC)NC(=S)NN. The van der Waals surface area contributed by atoms with Crippen LogP contribution in [0.15, 0.2) is 0 Å². The van der Waals surface area contributed by atoms with Gasteiger partial charge in [-0.2, -0.15) is 0 Å². The Hall–Kier alpha value is -0.390. The minimum Gasteiger partial charge on any atom is -0.383 e. The molecule has 5 heteroatoms. The second kappa shape index (κ2) is 7.27. The molecule has 4 N–H and O–H groups in total. The van der Waals surface area contributed by atoms with Crippen LogP contribution in [0.3, 0.4) is 0 Å². The zero-order chi connectivity index (χ0) is 9.40. The molecule has 0 radical (unpaired) electrons. The van der Waals surface area contributed by atoms with Gasteiger partial charge in [0.05, 0.1) is 12.6 Å². The number of methoxy groups -OCH3 is 1. The highest BCUT2D eigenvalue weighted by Crippen LogP contribution is 1.96. The van der Waals surface area contributed by atoms with Gasteiger partial charge in [0, 0.05) is 7.11 Å². The maximum absolute atomic E-state index is 5.12. The van der Waals surface area contributed by atoms with Gasteiger partial charge in [0.25, 0.3) is 0 Å². The summed E-state index contributed by atoms with van der Waals surface area (Å²) in [5.74, 6) is 5.12. The van der Waals surface area contributed by atoms with E-state index in [1.54, 1.807) is 7.11 Å². The quantitative estimate of drug-likeness (QED) is 0.328. The van der Waals surface area contributed by atoms with Crippen LogP contribution < -0.4 is 16.6 Å². The summed E-state index contributed by atoms with van der Waals surface area (Å²) in [5, 5.41) is 3.50. The van der Waals surface area contributed by atoms with Gasteiger partial charge in [-0.15, -0.1) is 0 Å². The van der Waals surface area contributed by atoms with Crippen molar-refractivity contribution in [3.8, 4) is 0 Å². The number of nitrogens with one attached hydrogen (secondary N) is 2. The van der Waals surface area contributed by atoms with E-state index in [1.807, 2.05) is 0 Å². The van der Waals surface area contributed by atoms with Gasteiger partial charge in [-0.3, -0.25) is 0 Å². The molecule has 0 spiro atoms. The molecule has 4 nitrogen and oxygen atoms in total. The third-order valence-electron chi connectivity index (χ3n) is 1.47. The molecular weight excluding hydrogens is 174 g/mol. The standard InChI is InChI=1S/C7H17N3OS/c1-3-4-6(5-11-2)9-7(12)10-8/h6H,3-5,8H2,1-2H3,(H2,9,10,12). The van der Waals surface area contributed by atoms with Crippen LogP contribution in [0, 0.1) is 0 Å². The average Bonchev–Trinajstić information content (AvgIpc) is 2.05. The lowest BCUT2D eigenvalue weighted by Crippen LogP contribution is -2.46. The normalized spacial score (nSPS) is 12.2. The van der Waals surface area contributed by atoms with E-state index in [0.29, 0.717) is 11.7 Å². The summed E-state index contributed by atoms with van der Waals surface area (Å²) >= 11 is 4.86. The molecule has 72 valence electrons. The van der Waals surface area contributed by atoms with Crippen LogP contribution in [0.4, 0.5) is 0 Å². The summed E-state index contributed by atoms with van der Waals surface area (Å²) in [5.41, 5.74) is 2.38. The van der Waals surface area contributed by atoms with Crippen LogP contribution >= 0.6 is 12.2 Å². The number of rotatable bonds is 5. The molecule has 0 aliphatic carbocycles. The Balaban J connectivity index is 3.68. The summed E-state index contributed by atoms with van der Waals surface area (Å²) in [7, 11) is 1.67. The van der Waals surface area contributed by atoms with Crippen molar-refractivity contribution in [2.45, 2.75) is 25.8 Å². The van der Waals surface area contributed by atoms with Gasteiger partial charge >= 0.3 is 0 Å². The predicted molar refractivity (Wildman–Crippen MR) is 53.6 cm³/mol. The van der Waals surface area contributed by atoms with E-state index in [9.17, 15) is 0 Å². The third-order valence-corrected chi connectivity index (χ3v) is 1.71. The van der Waals surface area contributed by atoms with Crippen LogP contribution in [0.25, 0.3) is 0 Å². The van der Waals surface area contributed by atoms with Crippen LogP contribution in [-0.2, 0) is 4.74 Å². The predicted octanol–water partition coefficient (Wildman–Crippen LogP) is 0.139. The Morgan fingerprint density at radius 2 is 2.33 bits per heavy atom. The first-order valence-electron chi connectivity index (χ1n) is 4.00. The lowest BCUT2D eigenvalue weighted by Gasteiger charge is -2.18. The van der Waals surface area contributed by atoms with E-state index in [2.05, 4.69) is 17.7 Å². The zero-order valence-electron chi connectivity index (χ0n) is 7.59. The van der Waals surface area contributed by atoms with Gasteiger partial charge in [0.2, 0.25) is 0 Å². The van der Waals surface area contributed by atoms with Crippen molar-refractivity contribution in [3.05, 3.63) is 0 Å². The molecule has 1 atom stereocenters. The van der Waals surface area contributed by atoms with E-state index in [4.69, 9.17) is 22.8 Å². The van der Waals surface area contributed by atoms with Crippen LogP contribution in [-0.4, -0.2) is 24.9 Å². The number of thiocarbonyl (C=S) groups is 1. The molecule has 0 bridgehead atoms. The van der Waals surface area contributed by atoms with Gasteiger partial charge in [-0.1, -0.05) is 13.3 Å². The molecule has 0 aliphatic heterocycles. The number of ether oxygens (including phenoxy) is 1. The fraction of sp³-hybridized carbons (Fsp3) is 0.857. The Bertz CT molecular complexity index is 126. The molecule has 0 rings (SSSR count). The lowest BCUT2D eigenvalue weighted by atomic mass is 10.2. The zero-order valence-corrected chi connectivity index (χ0v) is 8.41. The summed E-state index contributed by atoms with van der Waals surface area (Å²) < 4.78 is 5.01. The molecule has 0 saturated carbocycles. The number of hydrogen-bond acceptors (Lipinski definition) is 3. The van der Waals surface area contributed by atoms with Crippen molar-refractivity contribution < 1.29 is 4.74 Å². The van der Waals surface area contributed by atoms with Crippen molar-refractivity contribution in [1.29, 1.82) is 0 Å². The van der Waals surface area contributed by atoms with Crippen molar-refractivity contribution in [2.24, 2.45) is 5.84 Å². The molecule has 0 amide bonds. The van der Waals surface area contributed by atoms with Crippen molar-refractivity contribution >= 4 is 17.3 Å². The fourth-order valence-corrected chi connectivity index (χ4v) is 1.14. The highest BCUT2D eigenvalue weighted by Gasteiger charge is 2.06. The second-order valence-corrected chi connectivity index (χ2v) is 2.97. The van der Waals surface area contributed by atoms with Gasteiger partial charge < -0.3 is 15.5 Å². The minimum atomic E-state index is 0.253. The minimum absolute atomic E-state index is 0.253. The van der Waals surface area contributed by atoms with Crippen molar-refractivity contribution in [2.75, 3.05) is 13.7 Å². The number of hydrogen-bond donors (Lipinski definition) is 3. The summed E-state index contributed by atoms with van der Waals surface area (Å²) in [6.07, 6.45) is 2.11. The maximum atomic E-state index is 5.12. The summed E-state index contributed by atoms with van der Waals surface area (Å²) in [6.45, 7) is 2.76. The molecule has 0 fully saturated rings. The molecule has 0 aromatic rings. The topological polar surface area (TPSA) is 59.3 Å². The number of nitrogens with two attached hydrogens (primary N) is 1. The molecule has 0 aromatic carbocycles. The first-order chi connectivity index (χ1) is 5.74. The summed E-state index contributed by atoms with van der Waals surface area (Å²) in [6, 6.07) is 0.253. The highest BCUT2D eigenvalue weighted by atomic mass is 32.1. The van der Waals surface area contributed by atoms with E-state index >= 15 is 0 Å². The molecule has 0 heterocycles. The molecule has 0 aromatic heterocycles. The van der Waals surface area contributed by atoms with E-state index in [-0.39, 0.29) is 6.04 Å². The van der Waals surface area contributed by atoms with Gasteiger partial charge in [-0.05, 0) is 18.6 Å². The van der Waals surface area contributed by atoms with E-state index < -0.39 is 0 Å². The Morgan fingerprint density at radius 3 is 2.75 bits per heavy atom. The lowest BCUT2D eigenvalue weighted by molar-refractivity contribution is 0.170. The Labute approximate surface area is 78.8 Å². The molecule has 1 unspecified atom stereocenters. The fourth-order valence-electron chi connectivity index (χ4n) is 0.974.